The Hall–Kier alpha value is -1.75. The lowest BCUT2D eigenvalue weighted by Crippen LogP contribution is -2.42. The van der Waals surface area contributed by atoms with Crippen LogP contribution in [0.25, 0.3) is 0 Å². The van der Waals surface area contributed by atoms with Crippen molar-refractivity contribution in [2.24, 2.45) is 11.7 Å². The summed E-state index contributed by atoms with van der Waals surface area (Å²) < 4.78 is 10.5. The zero-order chi connectivity index (χ0) is 13.2. The standard InChI is InChI=1S/C14H18N2O3/c15-7-11(10-2-3-10)16-14(17)6-9-1-4-12-13(5-9)19-8-18-12/h1,4-5,10-11H,2-3,6-8,15H2,(H,16,17). The first-order chi connectivity index (χ1) is 9.26. The van der Waals surface area contributed by atoms with Crippen LogP contribution in [-0.2, 0) is 11.2 Å². The Morgan fingerprint density at radius 2 is 2.16 bits per heavy atom. The summed E-state index contributed by atoms with van der Waals surface area (Å²) in [4.78, 5) is 12.0. The summed E-state index contributed by atoms with van der Waals surface area (Å²) in [6, 6.07) is 5.71. The predicted octanol–water partition coefficient (Wildman–Crippen LogP) is 0.811. The van der Waals surface area contributed by atoms with E-state index >= 15 is 0 Å². The van der Waals surface area contributed by atoms with Crippen molar-refractivity contribution < 1.29 is 14.3 Å². The van der Waals surface area contributed by atoms with E-state index in [0.717, 1.165) is 11.3 Å². The Morgan fingerprint density at radius 3 is 2.89 bits per heavy atom. The van der Waals surface area contributed by atoms with Crippen LogP contribution in [0.1, 0.15) is 18.4 Å². The quantitative estimate of drug-likeness (QED) is 0.823. The van der Waals surface area contributed by atoms with Crippen molar-refractivity contribution in [2.45, 2.75) is 25.3 Å². The van der Waals surface area contributed by atoms with Crippen LogP contribution in [0.15, 0.2) is 18.2 Å². The van der Waals surface area contributed by atoms with Crippen LogP contribution < -0.4 is 20.5 Å². The first kappa shape index (κ1) is 12.3. The Morgan fingerprint density at radius 1 is 1.37 bits per heavy atom. The van der Waals surface area contributed by atoms with Crippen LogP contribution in [0.2, 0.25) is 0 Å². The van der Waals surface area contributed by atoms with Gasteiger partial charge in [0.1, 0.15) is 0 Å². The van der Waals surface area contributed by atoms with E-state index in [2.05, 4.69) is 5.32 Å². The maximum atomic E-state index is 12.0. The molecule has 0 bridgehead atoms. The molecule has 1 atom stereocenters. The van der Waals surface area contributed by atoms with Gasteiger partial charge in [0.05, 0.1) is 6.42 Å². The molecular weight excluding hydrogens is 244 g/mol. The van der Waals surface area contributed by atoms with Gasteiger partial charge in [-0.1, -0.05) is 6.07 Å². The van der Waals surface area contributed by atoms with Crippen molar-refractivity contribution >= 4 is 5.91 Å². The highest BCUT2D eigenvalue weighted by atomic mass is 16.7. The minimum atomic E-state index is 0.0150. The topological polar surface area (TPSA) is 73.6 Å². The number of nitrogens with two attached hydrogens (primary N) is 1. The van der Waals surface area contributed by atoms with Crippen LogP contribution in [0.5, 0.6) is 11.5 Å². The lowest BCUT2D eigenvalue weighted by Gasteiger charge is -2.16. The third kappa shape index (κ3) is 2.81. The van der Waals surface area contributed by atoms with E-state index in [0.29, 0.717) is 24.6 Å². The molecule has 1 fully saturated rings. The van der Waals surface area contributed by atoms with Crippen molar-refractivity contribution in [3.8, 4) is 11.5 Å². The summed E-state index contributed by atoms with van der Waals surface area (Å²) >= 11 is 0. The summed E-state index contributed by atoms with van der Waals surface area (Å²) in [6.07, 6.45) is 2.69. The van der Waals surface area contributed by atoms with Crippen molar-refractivity contribution in [1.82, 2.24) is 5.32 Å². The van der Waals surface area contributed by atoms with Gasteiger partial charge in [0.2, 0.25) is 12.7 Å². The molecule has 1 aromatic carbocycles. The van der Waals surface area contributed by atoms with Gasteiger partial charge in [0.25, 0.3) is 0 Å². The molecule has 2 aliphatic rings. The highest BCUT2D eigenvalue weighted by Gasteiger charge is 2.31. The number of carbonyl (C=O) groups is 1. The van der Waals surface area contributed by atoms with Crippen LogP contribution in [-0.4, -0.2) is 25.3 Å². The number of hydrogen-bond donors (Lipinski definition) is 2. The maximum absolute atomic E-state index is 12.0. The second kappa shape index (κ2) is 5.09. The Balaban J connectivity index is 1.59. The van der Waals surface area contributed by atoms with E-state index in [1.165, 1.54) is 12.8 Å². The predicted molar refractivity (Wildman–Crippen MR) is 70.0 cm³/mol. The monoisotopic (exact) mass is 262 g/mol. The van der Waals surface area contributed by atoms with Crippen molar-refractivity contribution in [2.75, 3.05) is 13.3 Å². The molecule has 1 aliphatic carbocycles. The van der Waals surface area contributed by atoms with Gasteiger partial charge in [0, 0.05) is 12.6 Å². The first-order valence-electron chi connectivity index (χ1n) is 6.64. The van der Waals surface area contributed by atoms with Crippen molar-refractivity contribution in [1.29, 1.82) is 0 Å². The van der Waals surface area contributed by atoms with Gasteiger partial charge in [-0.05, 0) is 36.5 Å². The molecule has 0 radical (unpaired) electrons. The summed E-state index contributed by atoms with van der Waals surface area (Å²) in [5.41, 5.74) is 6.60. The number of nitrogens with one attached hydrogen (secondary N) is 1. The number of rotatable bonds is 5. The highest BCUT2D eigenvalue weighted by Crippen LogP contribution is 2.33. The third-order valence-corrected chi connectivity index (χ3v) is 3.59. The smallest absolute Gasteiger partial charge is 0.231 e. The van der Waals surface area contributed by atoms with Crippen LogP contribution >= 0.6 is 0 Å². The fraction of sp³-hybridized carbons (Fsp3) is 0.500. The van der Waals surface area contributed by atoms with Gasteiger partial charge in [-0.25, -0.2) is 0 Å². The normalized spacial score (nSPS) is 18.2. The molecular formula is C14H18N2O3. The number of carbonyl (C=O) groups excluding carboxylic acids is 1. The summed E-state index contributed by atoms with van der Waals surface area (Å²) in [7, 11) is 0. The SMILES string of the molecule is NCC(NC(=O)Cc1ccc2c(c1)OCO2)C1CC1. The molecule has 5 nitrogen and oxygen atoms in total. The van der Waals surface area contributed by atoms with E-state index in [1.807, 2.05) is 18.2 Å². The molecule has 0 aromatic heterocycles. The van der Waals surface area contributed by atoms with E-state index < -0.39 is 0 Å². The fourth-order valence-electron chi connectivity index (χ4n) is 2.36. The van der Waals surface area contributed by atoms with E-state index in [9.17, 15) is 4.79 Å². The Labute approximate surface area is 112 Å². The summed E-state index contributed by atoms with van der Waals surface area (Å²) in [5.74, 6) is 2.04. The molecule has 1 heterocycles. The van der Waals surface area contributed by atoms with Crippen LogP contribution in [0.3, 0.4) is 0 Å². The molecule has 5 heteroatoms. The first-order valence-corrected chi connectivity index (χ1v) is 6.64. The second-order valence-electron chi connectivity index (χ2n) is 5.11. The lowest BCUT2D eigenvalue weighted by molar-refractivity contribution is -0.121. The number of hydrogen-bond acceptors (Lipinski definition) is 4. The fourth-order valence-corrected chi connectivity index (χ4v) is 2.36. The maximum Gasteiger partial charge on any atom is 0.231 e. The average molecular weight is 262 g/mol. The zero-order valence-corrected chi connectivity index (χ0v) is 10.7. The molecule has 0 spiro atoms. The van der Waals surface area contributed by atoms with Gasteiger partial charge in [-0.15, -0.1) is 0 Å². The number of amides is 1. The van der Waals surface area contributed by atoms with E-state index in [-0.39, 0.29) is 18.7 Å². The van der Waals surface area contributed by atoms with E-state index in [1.54, 1.807) is 0 Å². The van der Waals surface area contributed by atoms with Gasteiger partial charge >= 0.3 is 0 Å². The minimum absolute atomic E-state index is 0.0150. The van der Waals surface area contributed by atoms with Gasteiger partial charge < -0.3 is 20.5 Å². The number of benzene rings is 1. The van der Waals surface area contributed by atoms with Gasteiger partial charge in [-0.2, -0.15) is 0 Å². The molecule has 0 saturated heterocycles. The van der Waals surface area contributed by atoms with Crippen molar-refractivity contribution in [3.63, 3.8) is 0 Å². The van der Waals surface area contributed by atoms with Crippen molar-refractivity contribution in [3.05, 3.63) is 23.8 Å². The molecule has 3 N–H and O–H groups in total. The molecule has 1 amide bonds. The largest absolute Gasteiger partial charge is 0.454 e. The van der Waals surface area contributed by atoms with Gasteiger partial charge in [0.15, 0.2) is 11.5 Å². The third-order valence-electron chi connectivity index (χ3n) is 3.59. The zero-order valence-electron chi connectivity index (χ0n) is 10.7. The molecule has 102 valence electrons. The molecule has 1 saturated carbocycles. The molecule has 1 unspecified atom stereocenters. The molecule has 1 aromatic rings. The Kier molecular flexibility index (Phi) is 3.29. The minimum Gasteiger partial charge on any atom is -0.454 e. The second-order valence-corrected chi connectivity index (χ2v) is 5.11. The number of ether oxygens (including phenoxy) is 2. The molecule has 3 rings (SSSR count). The Bertz CT molecular complexity index is 486. The van der Waals surface area contributed by atoms with Gasteiger partial charge in [-0.3, -0.25) is 4.79 Å². The average Bonchev–Trinajstić information content (AvgIpc) is 3.14. The van der Waals surface area contributed by atoms with Crippen LogP contribution in [0, 0.1) is 5.92 Å². The molecule has 1 aliphatic heterocycles. The van der Waals surface area contributed by atoms with E-state index in [4.69, 9.17) is 15.2 Å². The lowest BCUT2D eigenvalue weighted by atomic mass is 10.1. The number of fused-ring (bicyclic) bond motifs is 1. The van der Waals surface area contributed by atoms with Crippen LogP contribution in [0.4, 0.5) is 0 Å². The summed E-state index contributed by atoms with van der Waals surface area (Å²) in [5, 5.41) is 3.01. The highest BCUT2D eigenvalue weighted by molar-refractivity contribution is 5.79. The molecule has 19 heavy (non-hydrogen) atoms. The summed E-state index contributed by atoms with van der Waals surface area (Å²) in [6.45, 7) is 0.763.